The van der Waals surface area contributed by atoms with Crippen molar-refractivity contribution in [2.24, 2.45) is 0 Å². The molecule has 0 saturated carbocycles. The molecule has 1 N–H and O–H groups in total. The number of aromatic nitrogens is 2. The Hall–Kier alpha value is -1.32. The van der Waals surface area contributed by atoms with E-state index in [1.54, 1.807) is 6.20 Å². The van der Waals surface area contributed by atoms with Gasteiger partial charge in [-0.15, -0.1) is 0 Å². The summed E-state index contributed by atoms with van der Waals surface area (Å²) in [7, 11) is 0. The highest BCUT2D eigenvalue weighted by atomic mass is 35.5. The monoisotopic (exact) mass is 264 g/mol. The molecule has 0 aliphatic heterocycles. The molecule has 0 aliphatic carbocycles. The Morgan fingerprint density at radius 2 is 2.00 bits per heavy atom. The second kappa shape index (κ2) is 6.03. The average molecular weight is 265 g/mol. The average Bonchev–Trinajstić information content (AvgIpc) is 2.79. The van der Waals surface area contributed by atoms with E-state index in [0.717, 1.165) is 23.0 Å². The highest BCUT2D eigenvalue weighted by Gasteiger charge is 2.10. The minimum atomic E-state index is -0.418. The van der Waals surface area contributed by atoms with E-state index in [1.165, 1.54) is 0 Å². The number of aryl methyl sites for hydroxylation is 1. The Labute approximate surface area is 112 Å². The Bertz CT molecular complexity index is 493. The van der Waals surface area contributed by atoms with Gasteiger partial charge in [0.25, 0.3) is 0 Å². The molecular weight excluding hydrogens is 248 g/mol. The number of nitrogens with zero attached hydrogens (tertiary/aromatic N) is 2. The van der Waals surface area contributed by atoms with Gasteiger partial charge in [-0.05, 0) is 31.0 Å². The van der Waals surface area contributed by atoms with Gasteiger partial charge in [0.15, 0.2) is 0 Å². The molecule has 2 aromatic rings. The molecule has 96 valence electrons. The zero-order valence-corrected chi connectivity index (χ0v) is 11.1. The second-order valence-corrected chi connectivity index (χ2v) is 4.75. The summed E-state index contributed by atoms with van der Waals surface area (Å²) in [6.45, 7) is 2.94. The number of rotatable bonds is 5. The lowest BCUT2D eigenvalue weighted by atomic mass is 10.1. The number of hydrogen-bond acceptors (Lipinski definition) is 2. The van der Waals surface area contributed by atoms with Gasteiger partial charge in [-0.3, -0.25) is 0 Å². The summed E-state index contributed by atoms with van der Waals surface area (Å²) in [4.78, 5) is 4.26. The van der Waals surface area contributed by atoms with E-state index in [2.05, 4.69) is 11.9 Å². The van der Waals surface area contributed by atoms with E-state index in [-0.39, 0.29) is 0 Å². The molecule has 1 aromatic carbocycles. The fraction of sp³-hybridized carbons (Fsp3) is 0.357. The van der Waals surface area contributed by atoms with Crippen molar-refractivity contribution in [3.8, 4) is 0 Å². The van der Waals surface area contributed by atoms with Crippen molar-refractivity contribution in [1.82, 2.24) is 9.55 Å². The molecule has 3 nitrogen and oxygen atoms in total. The first-order valence-electron chi connectivity index (χ1n) is 6.11. The number of aliphatic hydroxyl groups is 1. The third-order valence-corrected chi connectivity index (χ3v) is 3.20. The van der Waals surface area contributed by atoms with Crippen LogP contribution in [0.4, 0.5) is 0 Å². The molecule has 0 amide bonds. The third kappa shape index (κ3) is 3.34. The van der Waals surface area contributed by atoms with E-state index in [4.69, 9.17) is 11.6 Å². The van der Waals surface area contributed by atoms with Gasteiger partial charge in [0, 0.05) is 30.4 Å². The van der Waals surface area contributed by atoms with Crippen LogP contribution in [0, 0.1) is 0 Å². The molecule has 0 aliphatic rings. The largest absolute Gasteiger partial charge is 0.392 e. The smallest absolute Gasteiger partial charge is 0.111 e. The van der Waals surface area contributed by atoms with Crippen molar-refractivity contribution in [2.75, 3.05) is 0 Å². The molecule has 0 fully saturated rings. The zero-order valence-electron chi connectivity index (χ0n) is 10.4. The summed E-state index contributed by atoms with van der Waals surface area (Å²) in [5, 5.41) is 10.8. The maximum Gasteiger partial charge on any atom is 0.111 e. The van der Waals surface area contributed by atoms with E-state index >= 15 is 0 Å². The number of benzene rings is 1. The lowest BCUT2D eigenvalue weighted by Gasteiger charge is -2.11. The summed E-state index contributed by atoms with van der Waals surface area (Å²) in [6, 6.07) is 7.57. The summed E-state index contributed by atoms with van der Waals surface area (Å²) < 4.78 is 2.05. The van der Waals surface area contributed by atoms with Crippen LogP contribution in [0.3, 0.4) is 0 Å². The van der Waals surface area contributed by atoms with Gasteiger partial charge in [0.05, 0.1) is 6.10 Å². The van der Waals surface area contributed by atoms with Crippen LogP contribution in [0.1, 0.15) is 18.3 Å². The van der Waals surface area contributed by atoms with Crippen LogP contribution < -0.4 is 0 Å². The summed E-state index contributed by atoms with van der Waals surface area (Å²) in [6.07, 6.45) is 4.48. The fourth-order valence-corrected chi connectivity index (χ4v) is 2.12. The standard InChI is InChI=1S/C14H17ClN2O/c1-2-17-8-7-16-14(17)10-13(18)9-11-3-5-12(15)6-4-11/h3-8,13,18H,2,9-10H2,1H3. The van der Waals surface area contributed by atoms with E-state index in [0.29, 0.717) is 12.8 Å². The van der Waals surface area contributed by atoms with Crippen LogP contribution >= 0.6 is 11.6 Å². The molecule has 2 rings (SSSR count). The second-order valence-electron chi connectivity index (χ2n) is 4.32. The Morgan fingerprint density at radius 1 is 1.28 bits per heavy atom. The SMILES string of the molecule is CCn1ccnc1CC(O)Cc1ccc(Cl)cc1. The lowest BCUT2D eigenvalue weighted by molar-refractivity contribution is 0.171. The maximum atomic E-state index is 10.1. The predicted molar refractivity (Wildman–Crippen MR) is 72.8 cm³/mol. The van der Waals surface area contributed by atoms with E-state index in [9.17, 15) is 5.11 Å². The molecule has 1 atom stereocenters. The number of halogens is 1. The van der Waals surface area contributed by atoms with Crippen molar-refractivity contribution in [2.45, 2.75) is 32.4 Å². The Morgan fingerprint density at radius 3 is 2.67 bits per heavy atom. The van der Waals surface area contributed by atoms with Gasteiger partial charge >= 0.3 is 0 Å². The highest BCUT2D eigenvalue weighted by molar-refractivity contribution is 6.30. The van der Waals surface area contributed by atoms with E-state index < -0.39 is 6.10 Å². The van der Waals surface area contributed by atoms with Gasteiger partial charge in [-0.25, -0.2) is 4.98 Å². The van der Waals surface area contributed by atoms with Gasteiger partial charge < -0.3 is 9.67 Å². The molecule has 0 bridgehead atoms. The summed E-state index contributed by atoms with van der Waals surface area (Å²) >= 11 is 5.83. The van der Waals surface area contributed by atoms with Crippen molar-refractivity contribution in [1.29, 1.82) is 0 Å². The minimum absolute atomic E-state index is 0.418. The van der Waals surface area contributed by atoms with Crippen molar-refractivity contribution >= 4 is 11.6 Å². The van der Waals surface area contributed by atoms with Crippen LogP contribution in [-0.4, -0.2) is 20.8 Å². The molecule has 4 heteroatoms. The van der Waals surface area contributed by atoms with Crippen LogP contribution in [0.5, 0.6) is 0 Å². The van der Waals surface area contributed by atoms with Crippen LogP contribution in [0.2, 0.25) is 5.02 Å². The van der Waals surface area contributed by atoms with Gasteiger partial charge in [-0.1, -0.05) is 23.7 Å². The van der Waals surface area contributed by atoms with Gasteiger partial charge in [-0.2, -0.15) is 0 Å². The molecule has 0 radical (unpaired) electrons. The van der Waals surface area contributed by atoms with Gasteiger partial charge in [0.1, 0.15) is 5.82 Å². The molecule has 1 unspecified atom stereocenters. The first kappa shape index (κ1) is 13.1. The number of imidazole rings is 1. The molecular formula is C14H17ClN2O. The third-order valence-electron chi connectivity index (χ3n) is 2.95. The van der Waals surface area contributed by atoms with Crippen LogP contribution in [-0.2, 0) is 19.4 Å². The fourth-order valence-electron chi connectivity index (χ4n) is 1.99. The number of aliphatic hydroxyl groups excluding tert-OH is 1. The van der Waals surface area contributed by atoms with Crippen molar-refractivity contribution in [3.05, 3.63) is 53.1 Å². The molecule has 1 heterocycles. The highest BCUT2D eigenvalue weighted by Crippen LogP contribution is 2.12. The summed E-state index contributed by atoms with van der Waals surface area (Å²) in [5.74, 6) is 0.930. The normalized spacial score (nSPS) is 12.6. The molecule has 1 aromatic heterocycles. The maximum absolute atomic E-state index is 10.1. The lowest BCUT2D eigenvalue weighted by Crippen LogP contribution is -2.17. The molecule has 0 saturated heterocycles. The molecule has 18 heavy (non-hydrogen) atoms. The minimum Gasteiger partial charge on any atom is -0.392 e. The van der Waals surface area contributed by atoms with Crippen molar-refractivity contribution < 1.29 is 5.11 Å². The Kier molecular flexibility index (Phi) is 4.39. The van der Waals surface area contributed by atoms with Crippen LogP contribution in [0.15, 0.2) is 36.7 Å². The molecule has 0 spiro atoms. The number of hydrogen-bond donors (Lipinski definition) is 1. The predicted octanol–water partition coefficient (Wildman–Crippen LogP) is 2.70. The topological polar surface area (TPSA) is 38.0 Å². The Balaban J connectivity index is 1.96. The first-order valence-corrected chi connectivity index (χ1v) is 6.49. The van der Waals surface area contributed by atoms with Crippen LogP contribution in [0.25, 0.3) is 0 Å². The van der Waals surface area contributed by atoms with E-state index in [1.807, 2.05) is 35.0 Å². The zero-order chi connectivity index (χ0) is 13.0. The first-order chi connectivity index (χ1) is 8.69. The van der Waals surface area contributed by atoms with Gasteiger partial charge in [0.2, 0.25) is 0 Å². The summed E-state index contributed by atoms with van der Waals surface area (Å²) in [5.41, 5.74) is 1.08. The van der Waals surface area contributed by atoms with Crippen molar-refractivity contribution in [3.63, 3.8) is 0 Å². The quantitative estimate of drug-likeness (QED) is 0.902.